The van der Waals surface area contributed by atoms with Gasteiger partial charge < -0.3 is 15.1 Å². The molecule has 1 fully saturated rings. The van der Waals surface area contributed by atoms with Gasteiger partial charge in [-0.15, -0.1) is 11.3 Å². The summed E-state index contributed by atoms with van der Waals surface area (Å²) in [7, 11) is 0. The lowest BCUT2D eigenvalue weighted by molar-refractivity contribution is -0.692. The molecule has 1 aliphatic heterocycles. The summed E-state index contributed by atoms with van der Waals surface area (Å²) in [4.78, 5) is 29.8. The van der Waals surface area contributed by atoms with E-state index in [1.807, 2.05) is 27.3 Å². The van der Waals surface area contributed by atoms with Crippen molar-refractivity contribution in [1.29, 1.82) is 0 Å². The summed E-state index contributed by atoms with van der Waals surface area (Å²) in [6, 6.07) is 12.8. The molecule has 2 heterocycles. The third-order valence-corrected chi connectivity index (χ3v) is 6.76. The number of nitrogens with two attached hydrogens (primary N) is 1. The number of nitrogens with zero attached hydrogens (tertiary/aromatic N) is 2. The lowest BCUT2D eigenvalue weighted by atomic mass is 9.93. The monoisotopic (exact) mass is 428 g/mol. The quantitative estimate of drug-likeness (QED) is 0.737. The summed E-state index contributed by atoms with van der Waals surface area (Å²) in [5, 5.41) is 4.09. The fraction of sp³-hybridized carbons (Fsp3) is 0.500. The minimum atomic E-state index is 0.0772. The Hall–Kier alpha value is -2.18. The first-order valence-electron chi connectivity index (χ1n) is 10.9. The summed E-state index contributed by atoms with van der Waals surface area (Å²) in [6.45, 7) is 11.7. The van der Waals surface area contributed by atoms with E-state index >= 15 is 0 Å². The number of piperazine rings is 1. The zero-order chi connectivity index (χ0) is 21.7. The molecule has 1 saturated heterocycles. The van der Waals surface area contributed by atoms with Gasteiger partial charge in [-0.05, 0) is 22.9 Å². The van der Waals surface area contributed by atoms with Crippen LogP contribution in [0.25, 0.3) is 0 Å². The van der Waals surface area contributed by atoms with Gasteiger partial charge in [0, 0.05) is 37.7 Å². The van der Waals surface area contributed by atoms with Crippen LogP contribution in [0.15, 0.2) is 41.8 Å². The predicted molar refractivity (Wildman–Crippen MR) is 122 cm³/mol. The maximum absolute atomic E-state index is 12.8. The van der Waals surface area contributed by atoms with Crippen LogP contribution in [-0.2, 0) is 4.79 Å². The van der Waals surface area contributed by atoms with E-state index in [2.05, 4.69) is 57.3 Å². The molecule has 0 spiro atoms. The smallest absolute Gasteiger partial charge is 0.277 e. The van der Waals surface area contributed by atoms with E-state index in [0.29, 0.717) is 44.6 Å². The fourth-order valence-corrected chi connectivity index (χ4v) is 4.66. The van der Waals surface area contributed by atoms with Crippen molar-refractivity contribution in [1.82, 2.24) is 9.80 Å². The van der Waals surface area contributed by atoms with Crippen LogP contribution >= 0.6 is 11.3 Å². The molecule has 5 nitrogen and oxygen atoms in total. The Labute approximate surface area is 184 Å². The zero-order valence-electron chi connectivity index (χ0n) is 18.5. The second kappa shape index (κ2) is 10.2. The molecular formula is C24H34N3O2S+. The molecule has 2 aromatic rings. The topological polar surface area (TPSA) is 57.2 Å². The van der Waals surface area contributed by atoms with Crippen LogP contribution in [-0.4, -0.2) is 54.3 Å². The van der Waals surface area contributed by atoms with E-state index < -0.39 is 0 Å². The van der Waals surface area contributed by atoms with E-state index in [4.69, 9.17) is 0 Å². The van der Waals surface area contributed by atoms with E-state index in [-0.39, 0.29) is 17.9 Å². The lowest BCUT2D eigenvalue weighted by Crippen LogP contribution is -2.88. The van der Waals surface area contributed by atoms with Crippen molar-refractivity contribution in [3.8, 4) is 0 Å². The Morgan fingerprint density at radius 2 is 1.53 bits per heavy atom. The molecule has 3 rings (SSSR count). The second-order valence-electron chi connectivity index (χ2n) is 8.68. The predicted octanol–water partition coefficient (Wildman–Crippen LogP) is 3.12. The number of rotatable bonds is 7. The highest BCUT2D eigenvalue weighted by Crippen LogP contribution is 2.21. The number of thiophene rings is 1. The Balaban J connectivity index is 1.52. The van der Waals surface area contributed by atoms with Crippen molar-refractivity contribution < 1.29 is 14.9 Å². The normalized spacial score (nSPS) is 15.7. The maximum Gasteiger partial charge on any atom is 0.277 e. The molecule has 0 radical (unpaired) electrons. The zero-order valence-corrected chi connectivity index (χ0v) is 19.3. The summed E-state index contributed by atoms with van der Waals surface area (Å²) >= 11 is 1.47. The SMILES string of the molecule is CC(C)c1ccc([C@H]([NH2+]CC(=O)N2CCN(C(=O)c3cccs3)CC2)C(C)C)cc1. The van der Waals surface area contributed by atoms with Crippen LogP contribution in [0, 0.1) is 5.92 Å². The van der Waals surface area contributed by atoms with Crippen molar-refractivity contribution >= 4 is 23.2 Å². The van der Waals surface area contributed by atoms with Crippen molar-refractivity contribution in [2.24, 2.45) is 5.92 Å². The Morgan fingerprint density at radius 1 is 0.933 bits per heavy atom. The van der Waals surface area contributed by atoms with Gasteiger partial charge in [0.15, 0.2) is 6.54 Å². The Kier molecular flexibility index (Phi) is 7.67. The first-order chi connectivity index (χ1) is 14.4. The molecule has 30 heavy (non-hydrogen) atoms. The highest BCUT2D eigenvalue weighted by atomic mass is 32.1. The number of quaternary nitrogens is 1. The van der Waals surface area contributed by atoms with Crippen LogP contribution in [0.3, 0.4) is 0 Å². The first kappa shape index (κ1) is 22.5. The van der Waals surface area contributed by atoms with Crippen LogP contribution in [0.4, 0.5) is 0 Å². The minimum Gasteiger partial charge on any atom is -0.334 e. The summed E-state index contributed by atoms with van der Waals surface area (Å²) in [5.74, 6) is 1.19. The van der Waals surface area contributed by atoms with Crippen molar-refractivity contribution in [3.05, 3.63) is 57.8 Å². The molecule has 1 aromatic heterocycles. The molecule has 0 unspecified atom stereocenters. The van der Waals surface area contributed by atoms with E-state index in [9.17, 15) is 9.59 Å². The standard InChI is InChI=1S/C24H33N3O2S/c1-17(2)19-7-9-20(10-8-19)23(18(3)4)25-16-22(28)26-11-13-27(14-12-26)24(29)21-6-5-15-30-21/h5-10,15,17-18,23,25H,11-14,16H2,1-4H3/p+1/t23-/m1/s1. The number of carbonyl (C=O) groups is 2. The third-order valence-electron chi connectivity index (χ3n) is 5.90. The van der Waals surface area contributed by atoms with Crippen LogP contribution < -0.4 is 5.32 Å². The van der Waals surface area contributed by atoms with Crippen LogP contribution in [0.2, 0.25) is 0 Å². The molecule has 0 saturated carbocycles. The third kappa shape index (κ3) is 5.49. The molecule has 0 bridgehead atoms. The number of carbonyl (C=O) groups excluding carboxylic acids is 2. The average molecular weight is 429 g/mol. The molecule has 1 atom stereocenters. The van der Waals surface area contributed by atoms with Gasteiger partial charge in [-0.3, -0.25) is 9.59 Å². The van der Waals surface area contributed by atoms with E-state index in [1.54, 1.807) is 0 Å². The number of hydrogen-bond donors (Lipinski definition) is 1. The van der Waals surface area contributed by atoms with Crippen molar-refractivity contribution in [3.63, 3.8) is 0 Å². The lowest BCUT2D eigenvalue weighted by Gasteiger charge is -2.34. The van der Waals surface area contributed by atoms with Crippen molar-refractivity contribution in [2.45, 2.75) is 39.7 Å². The molecule has 162 valence electrons. The van der Waals surface area contributed by atoms with Gasteiger partial charge in [0.2, 0.25) is 0 Å². The number of benzene rings is 1. The number of hydrogen-bond acceptors (Lipinski definition) is 3. The van der Waals surface area contributed by atoms with Crippen molar-refractivity contribution in [2.75, 3.05) is 32.7 Å². The highest BCUT2D eigenvalue weighted by Gasteiger charge is 2.27. The summed E-state index contributed by atoms with van der Waals surface area (Å²) < 4.78 is 0. The molecule has 0 aliphatic carbocycles. The molecule has 2 amide bonds. The molecule has 1 aromatic carbocycles. The molecule has 6 heteroatoms. The Morgan fingerprint density at radius 3 is 2.07 bits per heavy atom. The maximum atomic E-state index is 12.8. The summed E-state index contributed by atoms with van der Waals surface area (Å²) in [5.41, 5.74) is 2.61. The summed E-state index contributed by atoms with van der Waals surface area (Å²) in [6.07, 6.45) is 0. The van der Waals surface area contributed by atoms with Gasteiger partial charge in [0.25, 0.3) is 11.8 Å². The van der Waals surface area contributed by atoms with Gasteiger partial charge in [-0.25, -0.2) is 0 Å². The van der Waals surface area contributed by atoms with E-state index in [0.717, 1.165) is 4.88 Å². The average Bonchev–Trinajstić information content (AvgIpc) is 3.28. The first-order valence-corrected chi connectivity index (χ1v) is 11.8. The van der Waals surface area contributed by atoms with Gasteiger partial charge in [0.1, 0.15) is 6.04 Å². The minimum absolute atomic E-state index is 0.0772. The Bertz CT molecular complexity index is 823. The van der Waals surface area contributed by atoms with E-state index in [1.165, 1.54) is 22.5 Å². The number of amides is 2. The van der Waals surface area contributed by atoms with Gasteiger partial charge in [-0.2, -0.15) is 0 Å². The highest BCUT2D eigenvalue weighted by molar-refractivity contribution is 7.12. The molecule has 1 aliphatic rings. The molecule has 2 N–H and O–H groups in total. The fourth-order valence-electron chi connectivity index (χ4n) is 3.97. The largest absolute Gasteiger partial charge is 0.334 e. The van der Waals surface area contributed by atoms with Gasteiger partial charge in [-0.1, -0.05) is 58.0 Å². The van der Waals surface area contributed by atoms with Gasteiger partial charge in [0.05, 0.1) is 4.88 Å². The van der Waals surface area contributed by atoms with Crippen LogP contribution in [0.1, 0.15) is 60.5 Å². The second-order valence-corrected chi connectivity index (χ2v) is 9.63. The molecular weight excluding hydrogens is 394 g/mol. The van der Waals surface area contributed by atoms with Gasteiger partial charge >= 0.3 is 0 Å². The van der Waals surface area contributed by atoms with Crippen LogP contribution in [0.5, 0.6) is 0 Å².